The van der Waals surface area contributed by atoms with Crippen LogP contribution in [-0.4, -0.2) is 33.9 Å². The molecular weight excluding hydrogens is 290 g/mol. The Morgan fingerprint density at radius 2 is 2.05 bits per heavy atom. The van der Waals surface area contributed by atoms with Gasteiger partial charge in [0.2, 0.25) is 10.0 Å². The molecule has 0 aliphatic heterocycles. The van der Waals surface area contributed by atoms with Gasteiger partial charge in [-0.15, -0.1) is 0 Å². The number of hydrogen-bond acceptors (Lipinski definition) is 5. The van der Waals surface area contributed by atoms with Crippen LogP contribution in [0, 0.1) is 11.3 Å². The highest BCUT2D eigenvalue weighted by Gasteiger charge is 2.21. The highest BCUT2D eigenvalue weighted by molar-refractivity contribution is 7.88. The second-order valence-electron chi connectivity index (χ2n) is 5.51. The predicted molar refractivity (Wildman–Crippen MR) is 81.5 cm³/mol. The Morgan fingerprint density at radius 1 is 1.38 bits per heavy atom. The molecule has 0 heterocycles. The lowest BCUT2D eigenvalue weighted by Gasteiger charge is -2.25. The molecule has 6 nitrogen and oxygen atoms in total. The topological polar surface area (TPSA) is 91.2 Å². The van der Waals surface area contributed by atoms with Crippen LogP contribution < -0.4 is 14.8 Å². The summed E-state index contributed by atoms with van der Waals surface area (Å²) in [6.07, 6.45) is 1.14. The number of methoxy groups -OCH3 is 1. The summed E-state index contributed by atoms with van der Waals surface area (Å²) in [5, 5.41) is 12.2. The largest absolute Gasteiger partial charge is 0.495 e. The number of hydrogen-bond donors (Lipinski definition) is 2. The van der Waals surface area contributed by atoms with Gasteiger partial charge in [0.1, 0.15) is 11.8 Å². The van der Waals surface area contributed by atoms with Crippen LogP contribution in [-0.2, 0) is 16.6 Å². The molecule has 0 amide bonds. The number of nitriles is 1. The van der Waals surface area contributed by atoms with Gasteiger partial charge in [0.15, 0.2) is 0 Å². The average molecular weight is 311 g/mol. The Morgan fingerprint density at radius 3 is 2.57 bits per heavy atom. The van der Waals surface area contributed by atoms with Crippen molar-refractivity contribution in [3.63, 3.8) is 0 Å². The van der Waals surface area contributed by atoms with Crippen molar-refractivity contribution in [1.29, 1.82) is 5.26 Å². The first-order valence-electron chi connectivity index (χ1n) is 6.43. The van der Waals surface area contributed by atoms with Crippen LogP contribution in [0.4, 0.5) is 0 Å². The summed E-state index contributed by atoms with van der Waals surface area (Å²) in [6, 6.07) is 7.44. The number of benzene rings is 1. The van der Waals surface area contributed by atoms with Crippen molar-refractivity contribution in [2.24, 2.45) is 0 Å². The van der Waals surface area contributed by atoms with Crippen molar-refractivity contribution in [3.8, 4) is 11.8 Å². The molecule has 21 heavy (non-hydrogen) atoms. The minimum atomic E-state index is -3.25. The van der Waals surface area contributed by atoms with Gasteiger partial charge in [-0.2, -0.15) is 5.26 Å². The summed E-state index contributed by atoms with van der Waals surface area (Å²) >= 11 is 0. The lowest BCUT2D eigenvalue weighted by atomic mass is 10.1. The summed E-state index contributed by atoms with van der Waals surface area (Å²) in [5.41, 5.74) is 0.825. The lowest BCUT2D eigenvalue weighted by molar-refractivity contribution is 0.412. The minimum absolute atomic E-state index is 0.466. The number of nitrogens with one attached hydrogen (secondary N) is 2. The number of nitrogens with zero attached hydrogens (tertiary/aromatic N) is 1. The van der Waals surface area contributed by atoms with Gasteiger partial charge in [-0.25, -0.2) is 13.1 Å². The van der Waals surface area contributed by atoms with Crippen LogP contribution in [0.3, 0.4) is 0 Å². The summed E-state index contributed by atoms with van der Waals surface area (Å²) in [5.74, 6) is 0.542. The Kier molecular flexibility index (Phi) is 5.72. The van der Waals surface area contributed by atoms with Crippen molar-refractivity contribution >= 4 is 10.0 Å². The molecule has 0 aromatic heterocycles. The molecule has 0 spiro atoms. The third-order valence-electron chi connectivity index (χ3n) is 2.74. The fourth-order valence-corrected chi connectivity index (χ4v) is 3.09. The second kappa shape index (κ2) is 6.89. The van der Waals surface area contributed by atoms with Crippen molar-refractivity contribution < 1.29 is 13.2 Å². The molecule has 1 aromatic carbocycles. The molecule has 7 heteroatoms. The molecule has 2 N–H and O–H groups in total. The van der Waals surface area contributed by atoms with E-state index in [1.54, 1.807) is 26.0 Å². The molecule has 0 aliphatic rings. The molecule has 0 aliphatic carbocycles. The Labute approximate surface area is 126 Å². The minimum Gasteiger partial charge on any atom is -0.495 e. The van der Waals surface area contributed by atoms with Crippen LogP contribution in [0.2, 0.25) is 0 Å². The smallest absolute Gasteiger partial charge is 0.209 e. The normalized spacial score (nSPS) is 12.0. The van der Waals surface area contributed by atoms with Gasteiger partial charge in [0.25, 0.3) is 0 Å². The maximum atomic E-state index is 11.2. The van der Waals surface area contributed by atoms with E-state index in [-0.39, 0.29) is 0 Å². The van der Waals surface area contributed by atoms with E-state index >= 15 is 0 Å². The van der Waals surface area contributed by atoms with Crippen LogP contribution in [0.25, 0.3) is 0 Å². The highest BCUT2D eigenvalue weighted by atomic mass is 32.2. The van der Waals surface area contributed by atoms with Crippen LogP contribution >= 0.6 is 0 Å². The summed E-state index contributed by atoms with van der Waals surface area (Å²) in [6.45, 7) is 4.60. The van der Waals surface area contributed by atoms with Gasteiger partial charge < -0.3 is 10.1 Å². The van der Waals surface area contributed by atoms with E-state index in [2.05, 4.69) is 16.1 Å². The number of ether oxygens (including phenoxy) is 1. The molecule has 116 valence electrons. The SMILES string of the molecule is COc1ccc(CNCC(C)(C)NS(C)(=O)=O)cc1C#N. The maximum absolute atomic E-state index is 11.2. The van der Waals surface area contributed by atoms with Gasteiger partial charge in [-0.1, -0.05) is 6.07 Å². The predicted octanol–water partition coefficient (Wildman–Crippen LogP) is 0.984. The zero-order chi connectivity index (χ0) is 16.1. The van der Waals surface area contributed by atoms with Gasteiger partial charge in [0.05, 0.1) is 18.9 Å². The third-order valence-corrected chi connectivity index (χ3v) is 3.67. The monoisotopic (exact) mass is 311 g/mol. The van der Waals surface area contributed by atoms with Gasteiger partial charge >= 0.3 is 0 Å². The zero-order valence-corrected chi connectivity index (χ0v) is 13.5. The van der Waals surface area contributed by atoms with Crippen molar-refractivity contribution in [3.05, 3.63) is 29.3 Å². The second-order valence-corrected chi connectivity index (χ2v) is 7.26. The van der Waals surface area contributed by atoms with Crippen LogP contribution in [0.15, 0.2) is 18.2 Å². The van der Waals surface area contributed by atoms with E-state index < -0.39 is 15.6 Å². The van der Waals surface area contributed by atoms with E-state index in [0.29, 0.717) is 24.4 Å². The molecule has 0 bridgehead atoms. The lowest BCUT2D eigenvalue weighted by Crippen LogP contribution is -2.49. The standard InChI is InChI=1S/C14H21N3O3S/c1-14(2,17-21(4,18)19)10-16-9-11-5-6-13(20-3)12(7-11)8-15/h5-7,16-17H,9-10H2,1-4H3. The quantitative estimate of drug-likeness (QED) is 0.783. The summed E-state index contributed by atoms with van der Waals surface area (Å²) in [4.78, 5) is 0. The Bertz CT molecular complexity index is 633. The summed E-state index contributed by atoms with van der Waals surface area (Å²) < 4.78 is 30.1. The van der Waals surface area contributed by atoms with Gasteiger partial charge in [0, 0.05) is 18.6 Å². The molecule has 1 aromatic rings. The summed E-state index contributed by atoms with van der Waals surface area (Å²) in [7, 11) is -1.72. The molecular formula is C14H21N3O3S. The van der Waals surface area contributed by atoms with E-state index in [4.69, 9.17) is 10.00 Å². The van der Waals surface area contributed by atoms with Crippen molar-refractivity contribution in [1.82, 2.24) is 10.0 Å². The number of sulfonamides is 1. The molecule has 0 unspecified atom stereocenters. The zero-order valence-electron chi connectivity index (χ0n) is 12.7. The fourth-order valence-electron chi connectivity index (χ4n) is 2.01. The fraction of sp³-hybridized carbons (Fsp3) is 0.500. The van der Waals surface area contributed by atoms with Crippen molar-refractivity contribution in [2.75, 3.05) is 19.9 Å². The van der Waals surface area contributed by atoms with Crippen molar-refractivity contribution in [2.45, 2.75) is 25.9 Å². The average Bonchev–Trinajstić information content (AvgIpc) is 2.35. The first-order chi connectivity index (χ1) is 9.67. The highest BCUT2D eigenvalue weighted by Crippen LogP contribution is 2.18. The van der Waals surface area contributed by atoms with E-state index in [1.165, 1.54) is 7.11 Å². The third kappa shape index (κ3) is 6.12. The van der Waals surface area contributed by atoms with E-state index in [1.807, 2.05) is 6.07 Å². The first-order valence-corrected chi connectivity index (χ1v) is 8.33. The van der Waals surface area contributed by atoms with Gasteiger partial charge in [-0.05, 0) is 31.5 Å². The molecule has 0 atom stereocenters. The van der Waals surface area contributed by atoms with Crippen LogP contribution in [0.5, 0.6) is 5.75 Å². The molecule has 0 saturated carbocycles. The molecule has 0 saturated heterocycles. The molecule has 0 fully saturated rings. The van der Waals surface area contributed by atoms with E-state index in [0.717, 1.165) is 11.8 Å². The first kappa shape index (κ1) is 17.4. The maximum Gasteiger partial charge on any atom is 0.209 e. The molecule has 1 rings (SSSR count). The Hall–Kier alpha value is -1.62. The molecule has 0 radical (unpaired) electrons. The Balaban J connectivity index is 2.63. The van der Waals surface area contributed by atoms with E-state index in [9.17, 15) is 8.42 Å². The number of rotatable bonds is 7. The van der Waals surface area contributed by atoms with Crippen LogP contribution in [0.1, 0.15) is 25.0 Å². The van der Waals surface area contributed by atoms with Gasteiger partial charge in [-0.3, -0.25) is 0 Å².